The van der Waals surface area contributed by atoms with Crippen molar-refractivity contribution in [1.82, 2.24) is 0 Å². The van der Waals surface area contributed by atoms with Gasteiger partial charge in [0.1, 0.15) is 95.4 Å². The molecule has 15 unspecified atom stereocenters. The van der Waals surface area contributed by atoms with Gasteiger partial charge in [0.25, 0.3) is 0 Å². The summed E-state index contributed by atoms with van der Waals surface area (Å²) in [5, 5.41) is 115. The molecule has 0 saturated carbocycles. The maximum atomic E-state index is 14.6. The summed E-state index contributed by atoms with van der Waals surface area (Å²) in [5.41, 5.74) is 0.0328. The highest BCUT2D eigenvalue weighted by Crippen LogP contribution is 2.42. The number of rotatable bonds is 12. The average molecular weight is 839 g/mol. The van der Waals surface area contributed by atoms with Crippen molar-refractivity contribution in [3.63, 3.8) is 0 Å². The van der Waals surface area contributed by atoms with E-state index in [-0.39, 0.29) is 34.6 Å². The van der Waals surface area contributed by atoms with Crippen LogP contribution >= 0.6 is 0 Å². The zero-order valence-electron chi connectivity index (χ0n) is 32.3. The molecule has 0 aliphatic carbocycles. The van der Waals surface area contributed by atoms with Crippen LogP contribution in [0.1, 0.15) is 26.3 Å². The molecule has 59 heavy (non-hydrogen) atoms. The zero-order valence-corrected chi connectivity index (χ0v) is 32.3. The monoisotopic (exact) mass is 838 g/mol. The summed E-state index contributed by atoms with van der Waals surface area (Å²) in [4.78, 5) is 14.6. The van der Waals surface area contributed by atoms with Gasteiger partial charge in [-0.15, -0.1) is 0 Å². The number of phenols is 1. The van der Waals surface area contributed by atoms with Gasteiger partial charge in [-0.3, -0.25) is 4.79 Å². The number of hydrogen-bond donors (Lipinski definition) is 11. The van der Waals surface area contributed by atoms with Gasteiger partial charge < -0.3 is 93.7 Å². The van der Waals surface area contributed by atoms with Crippen LogP contribution in [0.25, 0.3) is 22.3 Å². The Bertz CT molecular complexity index is 1990. The number of benzene rings is 2. The molecule has 3 aliphatic heterocycles. The molecule has 15 atom stereocenters. The highest BCUT2D eigenvalue weighted by molar-refractivity contribution is 5.91. The third kappa shape index (κ3) is 8.79. The van der Waals surface area contributed by atoms with Gasteiger partial charge in [-0.2, -0.15) is 0 Å². The highest BCUT2D eigenvalue weighted by atomic mass is 16.7. The molecule has 3 fully saturated rings. The van der Waals surface area contributed by atoms with Crippen molar-refractivity contribution in [1.29, 1.82) is 0 Å². The van der Waals surface area contributed by atoms with E-state index in [1.54, 1.807) is 32.1 Å². The van der Waals surface area contributed by atoms with Crippen LogP contribution in [0.15, 0.2) is 51.2 Å². The van der Waals surface area contributed by atoms with Crippen molar-refractivity contribution >= 4 is 11.0 Å². The van der Waals surface area contributed by atoms with Gasteiger partial charge in [0.2, 0.25) is 23.8 Å². The molecular formula is C39H50O20. The van der Waals surface area contributed by atoms with E-state index >= 15 is 0 Å². The highest BCUT2D eigenvalue weighted by Gasteiger charge is 2.51. The van der Waals surface area contributed by atoms with Gasteiger partial charge in [0.05, 0.1) is 26.4 Å². The number of aliphatic hydroxyl groups excluding tert-OH is 10. The standard InChI is InChI=1S/C39H50O20/c1-14(2)5-10-18-20(54-38-30(49)27(46)24(43)21(12-40)55-38)11-19(42)23-26(45)36(34(57-35(18)23)16-6-8-17(52-4)9-7-16)59-37-32(51)29(48)33(15(3)53-37)58-39-31(50)28(47)25(44)22(13-41)56-39/h5-9,11,15,21-22,24-25,27-33,37-44,46-51H,10,12-13H2,1-4H3. The van der Waals surface area contributed by atoms with Gasteiger partial charge in [0, 0.05) is 17.2 Å². The molecule has 11 N–H and O–H groups in total. The Morgan fingerprint density at radius 1 is 0.746 bits per heavy atom. The maximum absolute atomic E-state index is 14.6. The maximum Gasteiger partial charge on any atom is 0.239 e. The predicted molar refractivity (Wildman–Crippen MR) is 199 cm³/mol. The fourth-order valence-corrected chi connectivity index (χ4v) is 7.04. The van der Waals surface area contributed by atoms with E-state index in [1.165, 1.54) is 26.2 Å². The molecular weight excluding hydrogens is 788 g/mol. The number of ether oxygens (including phenoxy) is 7. The van der Waals surface area contributed by atoms with Crippen molar-refractivity contribution in [2.24, 2.45) is 0 Å². The fourth-order valence-electron chi connectivity index (χ4n) is 7.04. The van der Waals surface area contributed by atoms with Crippen molar-refractivity contribution in [2.45, 2.75) is 119 Å². The molecule has 1 aromatic heterocycles. The minimum Gasteiger partial charge on any atom is -0.507 e. The van der Waals surface area contributed by atoms with E-state index in [4.69, 9.17) is 37.6 Å². The van der Waals surface area contributed by atoms with Crippen LogP contribution < -0.4 is 19.6 Å². The molecule has 20 nitrogen and oxygen atoms in total. The number of fused-ring (bicyclic) bond motifs is 1. The van der Waals surface area contributed by atoms with Gasteiger partial charge in [-0.1, -0.05) is 11.6 Å². The predicted octanol–water partition coefficient (Wildman–Crippen LogP) is -2.11. The molecule has 4 heterocycles. The van der Waals surface area contributed by atoms with E-state index in [2.05, 4.69) is 0 Å². The second kappa shape index (κ2) is 18.3. The Balaban J connectivity index is 1.41. The second-order valence-corrected chi connectivity index (χ2v) is 14.8. The first-order valence-electron chi connectivity index (χ1n) is 18.8. The molecule has 3 aromatic rings. The lowest BCUT2D eigenvalue weighted by Gasteiger charge is -2.45. The molecule has 6 rings (SSSR count). The van der Waals surface area contributed by atoms with Crippen LogP contribution in [0.3, 0.4) is 0 Å². The quantitative estimate of drug-likeness (QED) is 0.0870. The number of phenolic OH excluding ortho intramolecular Hbond substituents is 1. The topological polar surface area (TPSA) is 317 Å². The lowest BCUT2D eigenvalue weighted by molar-refractivity contribution is -0.348. The van der Waals surface area contributed by atoms with Gasteiger partial charge >= 0.3 is 0 Å². The summed E-state index contributed by atoms with van der Waals surface area (Å²) in [6.45, 7) is 3.53. The first kappa shape index (κ1) is 44.6. The molecule has 0 spiro atoms. The third-order valence-electron chi connectivity index (χ3n) is 10.5. The molecule has 2 aromatic carbocycles. The normalized spacial score (nSPS) is 35.0. The molecule has 0 radical (unpaired) electrons. The summed E-state index contributed by atoms with van der Waals surface area (Å²) in [7, 11) is 1.44. The van der Waals surface area contributed by atoms with E-state index in [0.29, 0.717) is 5.75 Å². The molecule has 3 saturated heterocycles. The van der Waals surface area contributed by atoms with Crippen LogP contribution in [-0.4, -0.2) is 169 Å². The number of methoxy groups -OCH3 is 1. The number of allylic oxidation sites excluding steroid dienone is 2. The smallest absolute Gasteiger partial charge is 0.239 e. The number of hydrogen-bond acceptors (Lipinski definition) is 20. The second-order valence-electron chi connectivity index (χ2n) is 14.8. The Morgan fingerprint density at radius 3 is 1.88 bits per heavy atom. The fraction of sp³-hybridized carbons (Fsp3) is 0.564. The van der Waals surface area contributed by atoms with Crippen LogP contribution in [0.4, 0.5) is 0 Å². The molecule has 0 amide bonds. The van der Waals surface area contributed by atoms with Crippen molar-refractivity contribution in [3.05, 3.63) is 57.8 Å². The van der Waals surface area contributed by atoms with Crippen molar-refractivity contribution < 1.29 is 93.7 Å². The van der Waals surface area contributed by atoms with Gasteiger partial charge in [0.15, 0.2) is 12.1 Å². The minimum absolute atomic E-state index is 0.0149. The lowest BCUT2D eigenvalue weighted by Crippen LogP contribution is -2.64. The lowest BCUT2D eigenvalue weighted by atomic mass is 9.97. The average Bonchev–Trinajstić information content (AvgIpc) is 3.21. The van der Waals surface area contributed by atoms with E-state index in [0.717, 1.165) is 11.6 Å². The summed E-state index contributed by atoms with van der Waals surface area (Å²) in [5.74, 6) is -1.25. The third-order valence-corrected chi connectivity index (χ3v) is 10.5. The Kier molecular flexibility index (Phi) is 13.9. The number of aromatic hydroxyl groups is 1. The van der Waals surface area contributed by atoms with Gasteiger partial charge in [-0.25, -0.2) is 0 Å². The number of aliphatic hydroxyl groups is 10. The SMILES string of the molecule is COc1ccc(-c2oc3c(CC=C(C)C)c(OC4OC(CO)C(O)C(O)C4O)cc(O)c3c(=O)c2OC2OC(C)C(OC3OC(CO)C(O)C(O)C3O)C(O)C2O)cc1. The van der Waals surface area contributed by atoms with Crippen LogP contribution in [0.2, 0.25) is 0 Å². The van der Waals surface area contributed by atoms with Crippen LogP contribution in [0.5, 0.6) is 23.0 Å². The van der Waals surface area contributed by atoms with Crippen molar-refractivity contribution in [3.8, 4) is 34.3 Å². The minimum atomic E-state index is -1.96. The van der Waals surface area contributed by atoms with Crippen molar-refractivity contribution in [2.75, 3.05) is 20.3 Å². The summed E-state index contributed by atoms with van der Waals surface area (Å²) in [6, 6.07) is 7.22. The Morgan fingerprint density at radius 2 is 1.31 bits per heavy atom. The van der Waals surface area contributed by atoms with E-state index in [9.17, 15) is 61.0 Å². The Labute approximate surface area is 336 Å². The molecule has 0 bridgehead atoms. The van der Waals surface area contributed by atoms with Crippen LogP contribution in [0, 0.1) is 0 Å². The van der Waals surface area contributed by atoms with E-state index < -0.39 is 128 Å². The first-order valence-corrected chi connectivity index (χ1v) is 18.8. The Hall–Kier alpha value is -3.97. The molecule has 3 aliphatic rings. The first-order chi connectivity index (χ1) is 28.0. The van der Waals surface area contributed by atoms with E-state index in [1.807, 2.05) is 0 Å². The summed E-state index contributed by atoms with van der Waals surface area (Å²) in [6.07, 6.45) is -23.0. The molecule has 20 heteroatoms. The largest absolute Gasteiger partial charge is 0.507 e. The van der Waals surface area contributed by atoms with Gasteiger partial charge in [-0.05, 0) is 51.5 Å². The zero-order chi connectivity index (χ0) is 43.0. The van der Waals surface area contributed by atoms with Crippen LogP contribution in [-0.2, 0) is 25.4 Å². The molecule has 326 valence electrons. The summed E-state index contributed by atoms with van der Waals surface area (Å²) < 4.78 is 46.2. The summed E-state index contributed by atoms with van der Waals surface area (Å²) >= 11 is 0.